The fourth-order valence-electron chi connectivity index (χ4n) is 19.3. The molecular weight excluding hydrogens is 1290 g/mol. The first-order valence-electron chi connectivity index (χ1n) is 38.6. The summed E-state index contributed by atoms with van der Waals surface area (Å²) in [5, 5.41) is 12.9. The number of fused-ring (bicyclic) bond motifs is 18. The van der Waals surface area contributed by atoms with Gasteiger partial charge in [-0.05, 0) is 316 Å². The molecule has 0 amide bonds. The molecule has 20 rings (SSSR count). The van der Waals surface area contributed by atoms with E-state index in [2.05, 4.69) is 352 Å². The van der Waals surface area contributed by atoms with E-state index in [0.29, 0.717) is 6.04 Å². The first kappa shape index (κ1) is 63.8. The zero-order valence-electron chi connectivity index (χ0n) is 62.3. The molecule has 1 aliphatic heterocycles. The van der Waals surface area contributed by atoms with Gasteiger partial charge in [0.2, 0.25) is 0 Å². The number of rotatable bonds is 13. The Morgan fingerprint density at radius 2 is 0.481 bits per heavy atom. The zero-order chi connectivity index (χ0) is 71.7. The van der Waals surface area contributed by atoms with Crippen molar-refractivity contribution in [3.05, 3.63) is 288 Å². The highest BCUT2D eigenvalue weighted by molar-refractivity contribution is 6.16. The topological polar surface area (TPSA) is 27.9 Å². The smallest absolute Gasteiger partial charge is 0.0580 e. The van der Waals surface area contributed by atoms with E-state index in [1.165, 1.54) is 220 Å². The molecule has 0 spiro atoms. The summed E-state index contributed by atoms with van der Waals surface area (Å²) < 4.78 is 12.4. The first-order valence-corrected chi connectivity index (χ1v) is 38.6. The number of benzene rings is 13. The van der Waals surface area contributed by atoms with Gasteiger partial charge in [0.05, 0.1) is 6.04 Å². The molecule has 1 aliphatic carbocycles. The van der Waals surface area contributed by atoms with Crippen LogP contribution >= 0.6 is 0 Å². The van der Waals surface area contributed by atoms with Crippen LogP contribution in [-0.2, 0) is 32.7 Å². The quantitative estimate of drug-likeness (QED) is 0.113. The Balaban J connectivity index is 0.721. The molecule has 6 heterocycles. The van der Waals surface area contributed by atoms with E-state index in [0.717, 1.165) is 39.3 Å². The summed E-state index contributed by atoms with van der Waals surface area (Å²) in [6, 6.07) is 93.1. The van der Waals surface area contributed by atoms with Gasteiger partial charge < -0.3 is 27.7 Å². The Labute approximate surface area is 619 Å². The minimum Gasteiger partial charge on any atom is -0.364 e. The molecule has 106 heavy (non-hydrogen) atoms. The predicted molar refractivity (Wildman–Crippen MR) is 454 cm³/mol. The Morgan fingerprint density at radius 1 is 0.236 bits per heavy atom. The van der Waals surface area contributed by atoms with Crippen molar-refractivity contribution in [2.45, 2.75) is 114 Å². The third kappa shape index (κ3) is 9.75. The van der Waals surface area contributed by atoms with Gasteiger partial charge in [0.25, 0.3) is 0 Å². The summed E-state index contributed by atoms with van der Waals surface area (Å²) in [6.45, 7) is 27.9. The lowest BCUT2D eigenvalue weighted by molar-refractivity contribution is 0.690. The monoisotopic (exact) mass is 1370 g/mol. The number of aromatic nitrogens is 5. The average Bonchev–Trinajstić information content (AvgIpc) is 1.62. The van der Waals surface area contributed by atoms with Crippen molar-refractivity contribution in [1.29, 1.82) is 0 Å². The van der Waals surface area contributed by atoms with Crippen LogP contribution < -0.4 is 4.90 Å². The summed E-state index contributed by atoms with van der Waals surface area (Å²) in [4.78, 5) is 2.58. The average molecular weight is 1370 g/mol. The van der Waals surface area contributed by atoms with Crippen molar-refractivity contribution < 1.29 is 0 Å². The molecule has 516 valence electrons. The van der Waals surface area contributed by atoms with Crippen LogP contribution in [0.25, 0.3) is 181 Å². The Bertz CT molecular complexity index is 6710. The largest absolute Gasteiger partial charge is 0.364 e. The van der Waals surface area contributed by atoms with Crippen LogP contribution in [0.4, 0.5) is 5.69 Å². The van der Waals surface area contributed by atoms with Crippen LogP contribution in [0.5, 0.6) is 0 Å². The van der Waals surface area contributed by atoms with E-state index in [4.69, 9.17) is 0 Å². The standard InChI is InChI=1S/C100H86N6/c1-11-101-89-29-17-59(7)41-77(89)81-53-65(23-35-93(81)101)71-45-72(66-24-36-94-82(54-66)78-42-60(8)18-30-90(78)102(94)12-2)48-75(47-71)69-27-39-99-87(57-69)85-51-63(21-33-97(85)105(99)15-5)64-22-34-98-86(52-64)88-58-70(28-40-100(88)106(98)16-6)76-49-73(67-25-37-95-83(55-67)79-43-61(9)19-31-91(79)103(95)13-3)46-74(50-76)68-26-38-96-84(56-68)80-44-62(10)20-32-92(80)104(96)14-4/h17-58,81,93H,11-16H2,1-10H3. The Hall–Kier alpha value is -11.9. The number of nitrogens with zero attached hydrogens (tertiary/aromatic N) is 6. The SMILES string of the molecule is CCN1c2ccc(C)cc2C2C=C(c3cc(-c4ccc5c(c4)c4cc(C)ccc4n5CC)cc(-c4ccc5c(c4)c4cc(-c6ccc7c(c6)c6cc(-c8cc(-c9ccc%10c(c9)c9cc(C)ccc9n%10CC)cc(-c9ccc%10c(c9)c9cc(C)ccc9n%10CC)c8)ccc6n7CC)ccc4n5CC)c3)C=CC21. The summed E-state index contributed by atoms with van der Waals surface area (Å²) >= 11 is 0. The number of hydrogen-bond acceptors (Lipinski definition) is 1. The van der Waals surface area contributed by atoms with Crippen molar-refractivity contribution in [2.75, 3.05) is 11.4 Å². The highest BCUT2D eigenvalue weighted by atomic mass is 15.2. The third-order valence-electron chi connectivity index (χ3n) is 24.3. The lowest BCUT2D eigenvalue weighted by atomic mass is 9.84. The second-order valence-corrected chi connectivity index (χ2v) is 30.4. The molecule has 0 N–H and O–H groups in total. The molecule has 18 aromatic rings. The molecular formula is C100H86N6. The molecule has 2 aliphatic rings. The van der Waals surface area contributed by atoms with Gasteiger partial charge in [0.15, 0.2) is 0 Å². The second kappa shape index (κ2) is 24.4. The number of allylic oxidation sites excluding steroid dienone is 2. The van der Waals surface area contributed by atoms with Crippen molar-refractivity contribution in [3.8, 4) is 66.8 Å². The minimum absolute atomic E-state index is 0.268. The number of aryl methyl sites for hydroxylation is 9. The van der Waals surface area contributed by atoms with E-state index in [1.807, 2.05) is 0 Å². The molecule has 5 aromatic heterocycles. The maximum Gasteiger partial charge on any atom is 0.0580 e. The van der Waals surface area contributed by atoms with E-state index in [1.54, 1.807) is 0 Å². The van der Waals surface area contributed by atoms with Crippen LogP contribution in [-0.4, -0.2) is 35.4 Å². The fraction of sp³-hybridized carbons (Fsp3) is 0.180. The summed E-state index contributed by atoms with van der Waals surface area (Å²) in [5.74, 6) is 0.268. The lowest BCUT2D eigenvalue weighted by Gasteiger charge is -2.28. The molecule has 2 atom stereocenters. The fourth-order valence-corrected chi connectivity index (χ4v) is 19.3. The normalized spacial score (nSPS) is 14.5. The molecule has 0 radical (unpaired) electrons. The highest BCUT2D eigenvalue weighted by Gasteiger charge is 2.37. The Morgan fingerprint density at radius 3 is 0.764 bits per heavy atom. The number of hydrogen-bond donors (Lipinski definition) is 0. The molecule has 13 aromatic carbocycles. The summed E-state index contributed by atoms with van der Waals surface area (Å²) in [7, 11) is 0. The molecule has 0 saturated carbocycles. The van der Waals surface area contributed by atoms with Gasteiger partial charge in [0.1, 0.15) is 0 Å². The van der Waals surface area contributed by atoms with Crippen LogP contribution in [0.3, 0.4) is 0 Å². The van der Waals surface area contributed by atoms with Crippen molar-refractivity contribution in [3.63, 3.8) is 0 Å². The zero-order valence-corrected chi connectivity index (χ0v) is 62.3. The highest BCUT2D eigenvalue weighted by Crippen LogP contribution is 2.49. The van der Waals surface area contributed by atoms with Crippen LogP contribution in [0.1, 0.15) is 80.8 Å². The molecule has 6 nitrogen and oxygen atoms in total. The van der Waals surface area contributed by atoms with Gasteiger partial charge in [-0.2, -0.15) is 0 Å². The van der Waals surface area contributed by atoms with Gasteiger partial charge in [-0.1, -0.05) is 113 Å². The van der Waals surface area contributed by atoms with Crippen molar-refractivity contribution in [2.24, 2.45) is 0 Å². The minimum atomic E-state index is 0.268. The lowest BCUT2D eigenvalue weighted by Crippen LogP contribution is -2.32. The summed E-state index contributed by atoms with van der Waals surface area (Å²) in [5.41, 5.74) is 37.7. The van der Waals surface area contributed by atoms with Crippen LogP contribution in [0.2, 0.25) is 0 Å². The maximum atomic E-state index is 2.58. The van der Waals surface area contributed by atoms with E-state index in [9.17, 15) is 0 Å². The van der Waals surface area contributed by atoms with Crippen molar-refractivity contribution in [1.82, 2.24) is 22.8 Å². The Kier molecular flexibility index (Phi) is 14.7. The predicted octanol–water partition coefficient (Wildman–Crippen LogP) is 26.5. The van der Waals surface area contributed by atoms with Gasteiger partial charge in [-0.25, -0.2) is 0 Å². The number of anilines is 1. The van der Waals surface area contributed by atoms with Crippen LogP contribution in [0.15, 0.2) is 255 Å². The van der Waals surface area contributed by atoms with E-state index in [-0.39, 0.29) is 5.92 Å². The second-order valence-electron chi connectivity index (χ2n) is 30.4. The molecule has 0 fully saturated rings. The molecule has 6 heteroatoms. The third-order valence-corrected chi connectivity index (χ3v) is 24.3. The molecule has 0 saturated heterocycles. The van der Waals surface area contributed by atoms with Crippen molar-refractivity contribution >= 4 is 120 Å². The summed E-state index contributed by atoms with van der Waals surface area (Å²) in [6.07, 6.45) is 7.44. The van der Waals surface area contributed by atoms with E-state index < -0.39 is 0 Å². The first-order chi connectivity index (χ1) is 51.8. The molecule has 2 unspecified atom stereocenters. The number of likely N-dealkylation sites (N-methyl/N-ethyl adjacent to an activating group) is 1. The maximum absolute atomic E-state index is 2.58. The van der Waals surface area contributed by atoms with Crippen LogP contribution in [0, 0.1) is 27.7 Å². The van der Waals surface area contributed by atoms with E-state index >= 15 is 0 Å². The van der Waals surface area contributed by atoms with Gasteiger partial charge in [0, 0.05) is 160 Å². The van der Waals surface area contributed by atoms with Gasteiger partial charge >= 0.3 is 0 Å². The van der Waals surface area contributed by atoms with Gasteiger partial charge in [-0.3, -0.25) is 0 Å². The molecule has 0 bridgehead atoms. The van der Waals surface area contributed by atoms with Gasteiger partial charge in [-0.15, -0.1) is 0 Å².